The van der Waals surface area contributed by atoms with Gasteiger partial charge in [0, 0.05) is 12.5 Å². The molecular formula is C14H21N3O3. The number of carbonyl (C=O) groups is 1. The average Bonchev–Trinajstić information content (AvgIpc) is 2.47. The Morgan fingerprint density at radius 1 is 1.45 bits per heavy atom. The van der Waals surface area contributed by atoms with Gasteiger partial charge in [-0.05, 0) is 24.1 Å². The molecule has 1 unspecified atom stereocenters. The number of benzene rings is 1. The van der Waals surface area contributed by atoms with Crippen LogP contribution in [-0.2, 0) is 11.2 Å². The lowest BCUT2D eigenvalue weighted by molar-refractivity contribution is -0.121. The molecule has 0 heterocycles. The smallest absolute Gasteiger partial charge is 0.224 e. The maximum atomic E-state index is 11.9. The molecule has 0 aliphatic carbocycles. The fraction of sp³-hybridized carbons (Fsp3) is 0.429. The Morgan fingerprint density at radius 2 is 2.10 bits per heavy atom. The van der Waals surface area contributed by atoms with Crippen LogP contribution < -0.4 is 15.8 Å². The van der Waals surface area contributed by atoms with Crippen molar-refractivity contribution in [3.05, 3.63) is 29.8 Å². The lowest BCUT2D eigenvalue weighted by atomic mass is 10.1. The number of carbonyl (C=O) groups excluding carboxylic acids is 1. The normalized spacial score (nSPS) is 12.8. The fourth-order valence-electron chi connectivity index (χ4n) is 1.80. The molecule has 0 saturated heterocycles. The highest BCUT2D eigenvalue weighted by Crippen LogP contribution is 2.11. The lowest BCUT2D eigenvalue weighted by Crippen LogP contribution is -2.38. The van der Waals surface area contributed by atoms with Crippen molar-refractivity contribution in [3.63, 3.8) is 0 Å². The van der Waals surface area contributed by atoms with Crippen molar-refractivity contribution in [2.24, 2.45) is 10.9 Å². The Kier molecular flexibility index (Phi) is 6.36. The van der Waals surface area contributed by atoms with E-state index in [4.69, 9.17) is 15.7 Å². The minimum absolute atomic E-state index is 0.0900. The number of hydrogen-bond acceptors (Lipinski definition) is 4. The predicted octanol–water partition coefficient (Wildman–Crippen LogP) is 1.27. The molecule has 1 aromatic carbocycles. The molecule has 6 nitrogen and oxygen atoms in total. The van der Waals surface area contributed by atoms with Crippen LogP contribution in [0.4, 0.5) is 0 Å². The van der Waals surface area contributed by atoms with Crippen molar-refractivity contribution < 1.29 is 14.7 Å². The van der Waals surface area contributed by atoms with Gasteiger partial charge < -0.3 is 21.0 Å². The minimum Gasteiger partial charge on any atom is -0.497 e. The monoisotopic (exact) mass is 279 g/mol. The van der Waals surface area contributed by atoms with E-state index in [1.165, 1.54) is 0 Å². The molecular weight excluding hydrogens is 258 g/mol. The van der Waals surface area contributed by atoms with Gasteiger partial charge in [0.05, 0.1) is 13.5 Å². The van der Waals surface area contributed by atoms with E-state index in [2.05, 4.69) is 10.5 Å². The van der Waals surface area contributed by atoms with Gasteiger partial charge in [0.25, 0.3) is 0 Å². The molecule has 0 aliphatic heterocycles. The van der Waals surface area contributed by atoms with Crippen LogP contribution in [0.3, 0.4) is 0 Å². The van der Waals surface area contributed by atoms with Gasteiger partial charge in [0.2, 0.25) is 5.91 Å². The molecule has 0 fully saturated rings. The molecule has 20 heavy (non-hydrogen) atoms. The number of methoxy groups -OCH3 is 1. The van der Waals surface area contributed by atoms with E-state index >= 15 is 0 Å². The van der Waals surface area contributed by atoms with Gasteiger partial charge in [-0.2, -0.15) is 0 Å². The summed E-state index contributed by atoms with van der Waals surface area (Å²) >= 11 is 0. The van der Waals surface area contributed by atoms with Crippen LogP contribution in [-0.4, -0.2) is 30.1 Å². The SMILES string of the molecule is CCC(CC(N)=NO)NC(=O)Cc1ccc(OC)cc1. The number of amides is 1. The molecule has 0 aromatic heterocycles. The van der Waals surface area contributed by atoms with Gasteiger partial charge in [-0.3, -0.25) is 4.79 Å². The van der Waals surface area contributed by atoms with E-state index in [0.717, 1.165) is 11.3 Å². The standard InChI is InChI=1S/C14H21N3O3/c1-3-11(9-13(15)17-19)16-14(18)8-10-4-6-12(20-2)7-5-10/h4-7,11,19H,3,8-9H2,1-2H3,(H2,15,17)(H,16,18). The topological polar surface area (TPSA) is 96.9 Å². The fourth-order valence-corrected chi connectivity index (χ4v) is 1.80. The van der Waals surface area contributed by atoms with Gasteiger partial charge >= 0.3 is 0 Å². The maximum Gasteiger partial charge on any atom is 0.224 e. The highest BCUT2D eigenvalue weighted by molar-refractivity contribution is 5.82. The molecule has 0 radical (unpaired) electrons. The quantitative estimate of drug-likeness (QED) is 0.303. The Labute approximate surface area is 118 Å². The number of nitrogens with one attached hydrogen (secondary N) is 1. The van der Waals surface area contributed by atoms with Crippen LogP contribution in [0.25, 0.3) is 0 Å². The number of hydrogen-bond donors (Lipinski definition) is 3. The number of nitrogens with zero attached hydrogens (tertiary/aromatic N) is 1. The Morgan fingerprint density at radius 3 is 2.60 bits per heavy atom. The zero-order valence-electron chi connectivity index (χ0n) is 11.8. The summed E-state index contributed by atoms with van der Waals surface area (Å²) in [7, 11) is 1.60. The van der Waals surface area contributed by atoms with Crippen molar-refractivity contribution in [2.45, 2.75) is 32.2 Å². The molecule has 0 spiro atoms. The summed E-state index contributed by atoms with van der Waals surface area (Å²) in [4.78, 5) is 11.9. The van der Waals surface area contributed by atoms with E-state index in [0.29, 0.717) is 12.8 Å². The largest absolute Gasteiger partial charge is 0.497 e. The third-order valence-corrected chi connectivity index (χ3v) is 2.97. The number of nitrogens with two attached hydrogens (primary N) is 1. The van der Waals surface area contributed by atoms with E-state index in [9.17, 15) is 4.79 Å². The zero-order valence-corrected chi connectivity index (χ0v) is 11.8. The van der Waals surface area contributed by atoms with Crippen molar-refractivity contribution in [2.75, 3.05) is 7.11 Å². The van der Waals surface area contributed by atoms with Gasteiger partial charge in [0.1, 0.15) is 11.6 Å². The zero-order chi connectivity index (χ0) is 15.0. The Balaban J connectivity index is 2.52. The molecule has 0 saturated carbocycles. The summed E-state index contributed by atoms with van der Waals surface area (Å²) < 4.78 is 5.06. The van der Waals surface area contributed by atoms with Crippen LogP contribution in [0.15, 0.2) is 29.4 Å². The maximum absolute atomic E-state index is 11.9. The van der Waals surface area contributed by atoms with E-state index in [1.54, 1.807) is 7.11 Å². The highest BCUT2D eigenvalue weighted by Gasteiger charge is 2.12. The summed E-state index contributed by atoms with van der Waals surface area (Å²) in [5.41, 5.74) is 6.35. The molecule has 1 atom stereocenters. The third kappa shape index (κ3) is 5.17. The Bertz CT molecular complexity index is 457. The van der Waals surface area contributed by atoms with Crippen molar-refractivity contribution in [3.8, 4) is 5.75 Å². The number of ether oxygens (including phenoxy) is 1. The molecule has 1 aromatic rings. The first-order valence-electron chi connectivity index (χ1n) is 6.47. The molecule has 1 amide bonds. The predicted molar refractivity (Wildman–Crippen MR) is 76.9 cm³/mol. The highest BCUT2D eigenvalue weighted by atomic mass is 16.5. The first-order valence-corrected chi connectivity index (χ1v) is 6.47. The van der Waals surface area contributed by atoms with Gasteiger partial charge in [-0.25, -0.2) is 0 Å². The summed E-state index contributed by atoms with van der Waals surface area (Å²) in [6, 6.07) is 7.20. The van der Waals surface area contributed by atoms with E-state index < -0.39 is 0 Å². The molecule has 110 valence electrons. The first-order chi connectivity index (χ1) is 9.58. The van der Waals surface area contributed by atoms with Crippen molar-refractivity contribution in [1.29, 1.82) is 0 Å². The second-order valence-corrected chi connectivity index (χ2v) is 4.49. The molecule has 0 bridgehead atoms. The Hall–Kier alpha value is -2.24. The summed E-state index contributed by atoms with van der Waals surface area (Å²) in [5, 5.41) is 14.3. The third-order valence-electron chi connectivity index (χ3n) is 2.97. The van der Waals surface area contributed by atoms with Crippen LogP contribution in [0, 0.1) is 0 Å². The number of rotatable bonds is 7. The first kappa shape index (κ1) is 15.8. The van der Waals surface area contributed by atoms with Crippen LogP contribution >= 0.6 is 0 Å². The van der Waals surface area contributed by atoms with E-state index in [1.807, 2.05) is 31.2 Å². The van der Waals surface area contributed by atoms with Crippen LogP contribution in [0.1, 0.15) is 25.3 Å². The number of amidine groups is 1. The van der Waals surface area contributed by atoms with E-state index in [-0.39, 0.29) is 24.2 Å². The second-order valence-electron chi connectivity index (χ2n) is 4.49. The van der Waals surface area contributed by atoms with Crippen molar-refractivity contribution >= 4 is 11.7 Å². The molecule has 1 rings (SSSR count). The van der Waals surface area contributed by atoms with Crippen LogP contribution in [0.5, 0.6) is 5.75 Å². The van der Waals surface area contributed by atoms with Gasteiger partial charge in [-0.1, -0.05) is 24.2 Å². The van der Waals surface area contributed by atoms with Gasteiger partial charge in [0.15, 0.2) is 0 Å². The van der Waals surface area contributed by atoms with Crippen LogP contribution in [0.2, 0.25) is 0 Å². The number of oxime groups is 1. The van der Waals surface area contributed by atoms with Crippen molar-refractivity contribution in [1.82, 2.24) is 5.32 Å². The molecule has 6 heteroatoms. The lowest BCUT2D eigenvalue weighted by Gasteiger charge is -2.16. The summed E-state index contributed by atoms with van der Waals surface area (Å²) in [6.45, 7) is 1.93. The van der Waals surface area contributed by atoms with Gasteiger partial charge in [-0.15, -0.1) is 0 Å². The molecule has 0 aliphatic rings. The summed E-state index contributed by atoms with van der Waals surface area (Å²) in [5.74, 6) is 0.780. The average molecular weight is 279 g/mol. The minimum atomic E-state index is -0.128. The molecule has 4 N–H and O–H groups in total. The second kappa shape index (κ2) is 8.04. The summed E-state index contributed by atoms with van der Waals surface area (Å²) in [6.07, 6.45) is 1.34.